The standard InChI is InChI=1S/C65H123NO5/c1-3-5-7-9-11-13-15-37-41-45-49-53-57-63(68)62(61-67)66-64(69)58-54-50-46-42-38-35-33-31-29-27-25-23-21-19-17-18-20-22-24-26-28-30-32-34-36-40-44-48-52-56-60-71-65(70)59-55-51-47-43-39-16-14-12-10-8-6-4-2/h12,14,18,20,53,57,62-63,67-68H,3-11,13,15-17,19,21-52,54-56,58-61H2,1-2H3,(H,66,69)/b14-12-,20-18-,57-53+. The SMILES string of the molecule is CCCCC/C=C\CCCCCCCC(=O)OCCCCCCCCCCCCCC/C=C\CCCCCCCCCCCCCCCCC(=O)NC(CO)C(O)/C=C/CCCCCCCCCCCC. The van der Waals surface area contributed by atoms with E-state index in [4.69, 9.17) is 4.74 Å². The molecule has 0 heterocycles. The number of nitrogens with one attached hydrogen (secondary N) is 1. The van der Waals surface area contributed by atoms with Crippen LogP contribution in [0.5, 0.6) is 0 Å². The van der Waals surface area contributed by atoms with Crippen molar-refractivity contribution in [2.75, 3.05) is 13.2 Å². The lowest BCUT2D eigenvalue weighted by Crippen LogP contribution is -2.45. The molecular weight excluding hydrogens is 875 g/mol. The first-order valence-corrected chi connectivity index (χ1v) is 31.8. The van der Waals surface area contributed by atoms with Gasteiger partial charge in [-0.3, -0.25) is 9.59 Å². The van der Waals surface area contributed by atoms with Crippen LogP contribution < -0.4 is 5.32 Å². The van der Waals surface area contributed by atoms with Crippen LogP contribution in [-0.2, 0) is 14.3 Å². The third kappa shape index (κ3) is 57.2. The normalized spacial score (nSPS) is 12.8. The zero-order chi connectivity index (χ0) is 51.4. The summed E-state index contributed by atoms with van der Waals surface area (Å²) in [4.78, 5) is 24.4. The minimum Gasteiger partial charge on any atom is -0.466 e. The first kappa shape index (κ1) is 69.1. The Kier molecular flexibility index (Phi) is 59.0. The van der Waals surface area contributed by atoms with Gasteiger partial charge in [0.2, 0.25) is 5.91 Å². The molecule has 0 bridgehead atoms. The van der Waals surface area contributed by atoms with Crippen LogP contribution >= 0.6 is 0 Å². The van der Waals surface area contributed by atoms with Gasteiger partial charge in [0.05, 0.1) is 25.4 Å². The van der Waals surface area contributed by atoms with Crippen molar-refractivity contribution in [2.45, 2.75) is 353 Å². The minimum atomic E-state index is -0.842. The molecule has 0 aliphatic heterocycles. The lowest BCUT2D eigenvalue weighted by molar-refractivity contribution is -0.143. The van der Waals surface area contributed by atoms with E-state index in [1.807, 2.05) is 6.08 Å². The summed E-state index contributed by atoms with van der Waals surface area (Å²) >= 11 is 0. The fourth-order valence-corrected chi connectivity index (χ4v) is 9.74. The van der Waals surface area contributed by atoms with Crippen molar-refractivity contribution in [2.24, 2.45) is 0 Å². The number of amides is 1. The van der Waals surface area contributed by atoms with Gasteiger partial charge < -0.3 is 20.3 Å². The van der Waals surface area contributed by atoms with Crippen molar-refractivity contribution >= 4 is 11.9 Å². The van der Waals surface area contributed by atoms with Crippen LogP contribution in [0.2, 0.25) is 0 Å². The zero-order valence-corrected chi connectivity index (χ0v) is 47.7. The van der Waals surface area contributed by atoms with E-state index >= 15 is 0 Å². The predicted molar refractivity (Wildman–Crippen MR) is 310 cm³/mol. The Bertz CT molecular complexity index is 1150. The van der Waals surface area contributed by atoms with Gasteiger partial charge >= 0.3 is 5.97 Å². The average Bonchev–Trinajstić information content (AvgIpc) is 3.37. The molecule has 0 aliphatic rings. The molecule has 0 saturated heterocycles. The van der Waals surface area contributed by atoms with Gasteiger partial charge in [0.15, 0.2) is 0 Å². The van der Waals surface area contributed by atoms with Gasteiger partial charge in [-0.15, -0.1) is 0 Å². The molecule has 0 aromatic heterocycles. The van der Waals surface area contributed by atoms with Crippen LogP contribution in [0, 0.1) is 0 Å². The Balaban J connectivity index is 3.37. The lowest BCUT2D eigenvalue weighted by Gasteiger charge is -2.20. The summed E-state index contributed by atoms with van der Waals surface area (Å²) < 4.78 is 5.47. The van der Waals surface area contributed by atoms with Gasteiger partial charge in [-0.25, -0.2) is 0 Å². The average molecular weight is 999 g/mol. The molecule has 0 aliphatic carbocycles. The number of ether oxygens (including phenoxy) is 1. The van der Waals surface area contributed by atoms with Crippen LogP contribution in [0.1, 0.15) is 341 Å². The van der Waals surface area contributed by atoms with E-state index in [-0.39, 0.29) is 18.5 Å². The second-order valence-corrected chi connectivity index (χ2v) is 21.7. The smallest absolute Gasteiger partial charge is 0.305 e. The molecule has 0 fully saturated rings. The third-order valence-electron chi connectivity index (χ3n) is 14.6. The molecule has 6 nitrogen and oxygen atoms in total. The summed E-state index contributed by atoms with van der Waals surface area (Å²) in [5.74, 6) is -0.0599. The fourth-order valence-electron chi connectivity index (χ4n) is 9.74. The number of esters is 1. The number of carbonyl (C=O) groups is 2. The molecule has 6 heteroatoms. The molecule has 0 aromatic carbocycles. The first-order valence-electron chi connectivity index (χ1n) is 31.8. The van der Waals surface area contributed by atoms with Crippen molar-refractivity contribution in [1.82, 2.24) is 5.32 Å². The van der Waals surface area contributed by atoms with E-state index in [2.05, 4.69) is 43.5 Å². The molecule has 0 aromatic rings. The van der Waals surface area contributed by atoms with Crippen LogP contribution in [0.25, 0.3) is 0 Å². The van der Waals surface area contributed by atoms with Crippen molar-refractivity contribution in [3.05, 3.63) is 36.5 Å². The van der Waals surface area contributed by atoms with Gasteiger partial charge in [-0.1, -0.05) is 281 Å². The lowest BCUT2D eigenvalue weighted by atomic mass is 10.0. The molecule has 2 unspecified atom stereocenters. The number of allylic oxidation sites excluding steroid dienone is 5. The minimum absolute atomic E-state index is 0.00653. The number of unbranched alkanes of at least 4 members (excludes halogenated alkanes) is 44. The van der Waals surface area contributed by atoms with Crippen LogP contribution in [0.15, 0.2) is 36.5 Å². The second-order valence-electron chi connectivity index (χ2n) is 21.7. The first-order chi connectivity index (χ1) is 35.0. The van der Waals surface area contributed by atoms with Crippen LogP contribution in [0.4, 0.5) is 0 Å². The molecule has 0 rings (SSSR count). The topological polar surface area (TPSA) is 95.9 Å². The number of carbonyl (C=O) groups excluding carboxylic acids is 2. The van der Waals surface area contributed by atoms with Gasteiger partial charge in [0.1, 0.15) is 0 Å². The summed E-state index contributed by atoms with van der Waals surface area (Å²) in [6, 6.07) is -0.625. The highest BCUT2D eigenvalue weighted by Gasteiger charge is 2.18. The van der Waals surface area contributed by atoms with Crippen molar-refractivity contribution in [3.63, 3.8) is 0 Å². The number of hydrogen-bond donors (Lipinski definition) is 3. The molecule has 3 N–H and O–H groups in total. The summed E-state index contributed by atoms with van der Waals surface area (Å²) in [5.41, 5.74) is 0. The van der Waals surface area contributed by atoms with E-state index in [0.29, 0.717) is 19.4 Å². The number of hydrogen-bond acceptors (Lipinski definition) is 5. The van der Waals surface area contributed by atoms with E-state index in [1.165, 1.54) is 270 Å². The predicted octanol–water partition coefficient (Wildman–Crippen LogP) is 20.0. The highest BCUT2D eigenvalue weighted by atomic mass is 16.5. The van der Waals surface area contributed by atoms with Crippen molar-refractivity contribution in [3.8, 4) is 0 Å². The van der Waals surface area contributed by atoms with Crippen molar-refractivity contribution < 1.29 is 24.5 Å². The van der Waals surface area contributed by atoms with Gasteiger partial charge in [0, 0.05) is 12.8 Å². The van der Waals surface area contributed by atoms with Gasteiger partial charge in [0.25, 0.3) is 0 Å². The maximum absolute atomic E-state index is 12.4. The Labute approximate surface area is 443 Å². The molecule has 71 heavy (non-hydrogen) atoms. The molecule has 418 valence electrons. The number of aliphatic hydroxyl groups is 2. The summed E-state index contributed by atoms with van der Waals surface area (Å²) in [6.45, 7) is 4.88. The number of rotatable bonds is 59. The summed E-state index contributed by atoms with van der Waals surface area (Å²) in [7, 11) is 0. The second kappa shape index (κ2) is 60.6. The van der Waals surface area contributed by atoms with Crippen molar-refractivity contribution in [1.29, 1.82) is 0 Å². The van der Waals surface area contributed by atoms with Crippen LogP contribution in [0.3, 0.4) is 0 Å². The maximum Gasteiger partial charge on any atom is 0.305 e. The van der Waals surface area contributed by atoms with E-state index in [0.717, 1.165) is 44.9 Å². The largest absolute Gasteiger partial charge is 0.466 e. The molecule has 0 spiro atoms. The quantitative estimate of drug-likeness (QED) is 0.0321. The Morgan fingerprint density at radius 1 is 0.380 bits per heavy atom. The number of aliphatic hydroxyl groups excluding tert-OH is 2. The zero-order valence-electron chi connectivity index (χ0n) is 47.7. The molecule has 0 saturated carbocycles. The Hall–Kier alpha value is -1.92. The molecule has 1 amide bonds. The van der Waals surface area contributed by atoms with E-state index in [9.17, 15) is 19.8 Å². The Morgan fingerprint density at radius 3 is 1.03 bits per heavy atom. The van der Waals surface area contributed by atoms with Gasteiger partial charge in [-0.2, -0.15) is 0 Å². The maximum atomic E-state index is 12.4. The van der Waals surface area contributed by atoms with Gasteiger partial charge in [-0.05, 0) is 83.5 Å². The van der Waals surface area contributed by atoms with Crippen LogP contribution in [-0.4, -0.2) is 47.4 Å². The van der Waals surface area contributed by atoms with E-state index < -0.39 is 12.1 Å². The molecular formula is C65H123NO5. The fraction of sp³-hybridized carbons (Fsp3) is 0.877. The highest BCUT2D eigenvalue weighted by Crippen LogP contribution is 2.17. The third-order valence-corrected chi connectivity index (χ3v) is 14.6. The van der Waals surface area contributed by atoms with E-state index in [1.54, 1.807) is 6.08 Å². The molecule has 0 radical (unpaired) electrons. The Morgan fingerprint density at radius 2 is 0.662 bits per heavy atom. The highest BCUT2D eigenvalue weighted by molar-refractivity contribution is 5.76. The molecule has 2 atom stereocenters. The summed E-state index contributed by atoms with van der Waals surface area (Å²) in [5, 5.41) is 23.1. The summed E-state index contributed by atoms with van der Waals surface area (Å²) in [6.07, 6.45) is 76.3. The monoisotopic (exact) mass is 998 g/mol.